The summed E-state index contributed by atoms with van der Waals surface area (Å²) in [6, 6.07) is 9.63. The van der Waals surface area contributed by atoms with Crippen molar-refractivity contribution in [3.8, 4) is 17.2 Å². The van der Waals surface area contributed by atoms with Crippen LogP contribution in [0.1, 0.15) is 65.8 Å². The third-order valence-electron chi connectivity index (χ3n) is 5.41. The fourth-order valence-corrected chi connectivity index (χ4v) is 4.27. The van der Waals surface area contributed by atoms with Gasteiger partial charge in [-0.2, -0.15) is 0 Å². The predicted molar refractivity (Wildman–Crippen MR) is 139 cm³/mol. The van der Waals surface area contributed by atoms with Gasteiger partial charge in [-0.3, -0.25) is 19.2 Å². The first-order valence-electron chi connectivity index (χ1n) is 11.9. The predicted octanol–water partition coefficient (Wildman–Crippen LogP) is 4.63. The molecule has 0 radical (unpaired) electrons. The van der Waals surface area contributed by atoms with E-state index in [0.717, 1.165) is 6.42 Å². The van der Waals surface area contributed by atoms with Crippen molar-refractivity contribution in [2.45, 2.75) is 51.2 Å². The van der Waals surface area contributed by atoms with Gasteiger partial charge in [-0.25, -0.2) is 0 Å². The van der Waals surface area contributed by atoms with Crippen LogP contribution in [0.5, 0.6) is 17.2 Å². The van der Waals surface area contributed by atoms with E-state index in [1.807, 2.05) is 6.92 Å². The highest BCUT2D eigenvalue weighted by atomic mass is 32.2. The molecule has 0 aliphatic heterocycles. The van der Waals surface area contributed by atoms with Gasteiger partial charge in [-0.05, 0) is 62.6 Å². The second-order valence-electron chi connectivity index (χ2n) is 8.33. The highest BCUT2D eigenvalue weighted by Gasteiger charge is 2.23. The molecule has 0 saturated carbocycles. The number of ketones is 2. The zero-order valence-corrected chi connectivity index (χ0v) is 21.7. The summed E-state index contributed by atoms with van der Waals surface area (Å²) in [4.78, 5) is 46.0. The highest BCUT2D eigenvalue weighted by Crippen LogP contribution is 2.33. The van der Waals surface area contributed by atoms with Crippen LogP contribution in [-0.2, 0) is 16.0 Å². The van der Waals surface area contributed by atoms with Crippen LogP contribution in [-0.4, -0.2) is 63.0 Å². The van der Waals surface area contributed by atoms with E-state index < -0.39 is 22.9 Å². The number of rotatable bonds is 17. The number of carbonyl (C=O) groups excluding carboxylic acids is 2. The molecular weight excluding hydrogens is 500 g/mol. The van der Waals surface area contributed by atoms with Crippen molar-refractivity contribution in [2.24, 2.45) is 0 Å². The molecule has 2 rings (SSSR count). The van der Waals surface area contributed by atoms with Gasteiger partial charge < -0.3 is 24.8 Å². The van der Waals surface area contributed by atoms with E-state index in [-0.39, 0.29) is 29.3 Å². The maximum Gasteiger partial charge on any atom is 0.317 e. The Morgan fingerprint density at radius 3 is 2.16 bits per heavy atom. The lowest BCUT2D eigenvalue weighted by molar-refractivity contribution is -0.136. The Kier molecular flexibility index (Phi) is 12.0. The molecule has 3 N–H and O–H groups in total. The molecule has 0 amide bonds. The third-order valence-corrected chi connectivity index (χ3v) is 6.60. The molecule has 2 aromatic rings. The van der Waals surface area contributed by atoms with Crippen molar-refractivity contribution in [3.05, 3.63) is 53.1 Å². The molecule has 0 aliphatic carbocycles. The summed E-state index contributed by atoms with van der Waals surface area (Å²) >= 11 is 0.705. The van der Waals surface area contributed by atoms with Crippen LogP contribution in [0.3, 0.4) is 0 Å². The van der Waals surface area contributed by atoms with Crippen LogP contribution < -0.4 is 9.47 Å². The van der Waals surface area contributed by atoms with Gasteiger partial charge in [-0.1, -0.05) is 13.3 Å². The van der Waals surface area contributed by atoms with Crippen LogP contribution in [0.2, 0.25) is 0 Å². The zero-order chi connectivity index (χ0) is 27.4. The van der Waals surface area contributed by atoms with Crippen molar-refractivity contribution in [3.63, 3.8) is 0 Å². The number of hydrogen-bond acceptors (Lipinski definition) is 8. The highest BCUT2D eigenvalue weighted by molar-refractivity contribution is 8.01. The number of ether oxygens (including phenoxy) is 2. The lowest BCUT2D eigenvalue weighted by Crippen LogP contribution is -2.22. The lowest BCUT2D eigenvalue weighted by atomic mass is 10.0. The number of carboxylic acid groups (broad SMARTS) is 2. The second-order valence-corrected chi connectivity index (χ2v) is 9.52. The number of aliphatic carboxylic acids is 2. The van der Waals surface area contributed by atoms with Crippen LogP contribution in [0.25, 0.3) is 0 Å². The summed E-state index contributed by atoms with van der Waals surface area (Å²) in [5.74, 6) is -2.24. The minimum absolute atomic E-state index is 0.0189. The van der Waals surface area contributed by atoms with Gasteiger partial charge >= 0.3 is 11.9 Å². The quantitative estimate of drug-likeness (QED) is 0.195. The van der Waals surface area contributed by atoms with E-state index >= 15 is 0 Å². The summed E-state index contributed by atoms with van der Waals surface area (Å²) in [6.45, 7) is 4.23. The summed E-state index contributed by atoms with van der Waals surface area (Å²) in [6.07, 6.45) is 2.49. The first kappa shape index (κ1) is 29.7. The number of thioether (sulfide) groups is 1. The van der Waals surface area contributed by atoms with Crippen molar-refractivity contribution >= 4 is 35.3 Å². The van der Waals surface area contributed by atoms with Gasteiger partial charge in [0.05, 0.1) is 24.5 Å². The number of phenols is 1. The van der Waals surface area contributed by atoms with E-state index in [0.29, 0.717) is 66.9 Å². The average molecular weight is 533 g/mol. The zero-order valence-electron chi connectivity index (χ0n) is 20.9. The summed E-state index contributed by atoms with van der Waals surface area (Å²) < 4.78 is 11.5. The van der Waals surface area contributed by atoms with E-state index in [9.17, 15) is 29.4 Å². The number of phenolic OH excluding ortho intramolecular Hbond substituents is 1. The van der Waals surface area contributed by atoms with E-state index in [1.54, 1.807) is 36.4 Å². The molecule has 1 atom stereocenters. The monoisotopic (exact) mass is 532 g/mol. The summed E-state index contributed by atoms with van der Waals surface area (Å²) in [5, 5.41) is 27.2. The fourth-order valence-electron chi connectivity index (χ4n) is 3.52. The third kappa shape index (κ3) is 9.45. The van der Waals surface area contributed by atoms with Crippen LogP contribution in [0.4, 0.5) is 0 Å². The standard InChI is InChI=1S/C27H32O9S/c1-3-6-21-23(12-11-20(17(2)28)26(21)32)36-14-5-4-13-35-19-9-7-18(8-10-19)22(29)15-24(27(33)34)37-16-25(30)31/h7-12,24,32H,3-6,13-16H2,1-2H3,(H,30,31)(H,33,34). The molecule has 0 spiro atoms. The van der Waals surface area contributed by atoms with Crippen molar-refractivity contribution < 1.29 is 44.0 Å². The minimum Gasteiger partial charge on any atom is -0.507 e. The van der Waals surface area contributed by atoms with E-state index in [1.165, 1.54) is 6.92 Å². The number of aromatic hydroxyl groups is 1. The molecule has 1 unspecified atom stereocenters. The number of carboxylic acids is 2. The first-order chi connectivity index (χ1) is 17.6. The Labute approximate surface area is 219 Å². The molecule has 200 valence electrons. The SMILES string of the molecule is CCCc1c(OCCCCOc2ccc(C(=O)CC(SCC(=O)O)C(=O)O)cc2)ccc(C(C)=O)c1O. The summed E-state index contributed by atoms with van der Waals surface area (Å²) in [5.41, 5.74) is 1.25. The number of Topliss-reactive ketones (excluding diaryl/α,β-unsaturated/α-hetero) is 2. The van der Waals surface area contributed by atoms with Gasteiger partial charge in [0.2, 0.25) is 0 Å². The number of hydrogen-bond donors (Lipinski definition) is 3. The van der Waals surface area contributed by atoms with Crippen LogP contribution in [0, 0.1) is 0 Å². The molecule has 2 aromatic carbocycles. The molecule has 0 saturated heterocycles. The molecule has 37 heavy (non-hydrogen) atoms. The van der Waals surface area contributed by atoms with Gasteiger partial charge in [0.25, 0.3) is 0 Å². The second kappa shape index (κ2) is 14.9. The Morgan fingerprint density at radius 1 is 0.946 bits per heavy atom. The van der Waals surface area contributed by atoms with Gasteiger partial charge in [0.1, 0.15) is 22.5 Å². The molecule has 0 fully saturated rings. The molecule has 0 aromatic heterocycles. The maximum atomic E-state index is 12.4. The normalized spacial score (nSPS) is 11.5. The minimum atomic E-state index is -1.23. The Bertz CT molecular complexity index is 1100. The summed E-state index contributed by atoms with van der Waals surface area (Å²) in [7, 11) is 0. The van der Waals surface area contributed by atoms with Crippen molar-refractivity contribution in [1.29, 1.82) is 0 Å². The molecular formula is C27H32O9S. The van der Waals surface area contributed by atoms with Crippen LogP contribution in [0.15, 0.2) is 36.4 Å². The van der Waals surface area contributed by atoms with Crippen molar-refractivity contribution in [1.82, 2.24) is 0 Å². The lowest BCUT2D eigenvalue weighted by Gasteiger charge is -2.14. The largest absolute Gasteiger partial charge is 0.507 e. The molecule has 0 bridgehead atoms. The van der Waals surface area contributed by atoms with Gasteiger partial charge in [-0.15, -0.1) is 11.8 Å². The maximum absolute atomic E-state index is 12.4. The number of benzene rings is 2. The van der Waals surface area contributed by atoms with E-state index in [2.05, 4.69) is 0 Å². The Morgan fingerprint density at radius 2 is 1.59 bits per heavy atom. The Balaban J connectivity index is 1.79. The van der Waals surface area contributed by atoms with Gasteiger partial charge in [0.15, 0.2) is 11.6 Å². The Hall–Kier alpha value is -3.53. The van der Waals surface area contributed by atoms with Crippen LogP contribution >= 0.6 is 11.8 Å². The topological polar surface area (TPSA) is 147 Å². The first-order valence-corrected chi connectivity index (χ1v) is 13.0. The molecule has 10 heteroatoms. The molecule has 9 nitrogen and oxygen atoms in total. The van der Waals surface area contributed by atoms with Crippen molar-refractivity contribution in [2.75, 3.05) is 19.0 Å². The molecule has 0 aliphatic rings. The number of carbonyl (C=O) groups is 4. The average Bonchev–Trinajstić information content (AvgIpc) is 2.85. The molecule has 0 heterocycles. The fraction of sp³-hybridized carbons (Fsp3) is 0.407. The smallest absolute Gasteiger partial charge is 0.317 e. The van der Waals surface area contributed by atoms with Gasteiger partial charge in [0, 0.05) is 17.5 Å². The van der Waals surface area contributed by atoms with E-state index in [4.69, 9.17) is 14.6 Å². The number of unbranched alkanes of at least 4 members (excludes halogenated alkanes) is 1.